The summed E-state index contributed by atoms with van der Waals surface area (Å²) in [7, 11) is 0. The predicted molar refractivity (Wildman–Crippen MR) is 111 cm³/mol. The summed E-state index contributed by atoms with van der Waals surface area (Å²) in [6.45, 7) is 5.36. The molecular formula is C23H28N2O3. The van der Waals surface area contributed by atoms with E-state index in [2.05, 4.69) is 22.3 Å². The number of nitrogens with zero attached hydrogens (tertiary/aromatic N) is 1. The Labute approximate surface area is 166 Å². The van der Waals surface area contributed by atoms with Crippen molar-refractivity contribution in [3.63, 3.8) is 0 Å². The molecule has 2 aromatic rings. The molecule has 2 fully saturated rings. The fourth-order valence-electron chi connectivity index (χ4n) is 3.88. The van der Waals surface area contributed by atoms with Gasteiger partial charge < -0.3 is 19.7 Å². The smallest absolute Gasteiger partial charge is 0.255 e. The summed E-state index contributed by atoms with van der Waals surface area (Å²) in [6.07, 6.45) is 5.07. The van der Waals surface area contributed by atoms with Crippen LogP contribution in [0.25, 0.3) is 0 Å². The van der Waals surface area contributed by atoms with Gasteiger partial charge in [0.1, 0.15) is 5.75 Å². The number of hydrogen-bond donors (Lipinski definition) is 1. The van der Waals surface area contributed by atoms with Gasteiger partial charge in [-0.2, -0.15) is 0 Å². The molecule has 1 aliphatic heterocycles. The SMILES string of the molecule is Cc1cc(N2CCOCC2)ccc1NC(=O)c1ccc(OC2CCCC2)cc1. The zero-order chi connectivity index (χ0) is 19.3. The van der Waals surface area contributed by atoms with Crippen LogP contribution < -0.4 is 15.0 Å². The van der Waals surface area contributed by atoms with Gasteiger partial charge in [-0.1, -0.05) is 0 Å². The van der Waals surface area contributed by atoms with Gasteiger partial charge in [0.05, 0.1) is 19.3 Å². The van der Waals surface area contributed by atoms with Crippen LogP contribution in [0, 0.1) is 6.92 Å². The van der Waals surface area contributed by atoms with Gasteiger partial charge in [-0.3, -0.25) is 4.79 Å². The highest BCUT2D eigenvalue weighted by atomic mass is 16.5. The number of carbonyl (C=O) groups is 1. The topological polar surface area (TPSA) is 50.8 Å². The summed E-state index contributed by atoms with van der Waals surface area (Å²) in [4.78, 5) is 14.9. The molecule has 5 nitrogen and oxygen atoms in total. The van der Waals surface area contributed by atoms with Crippen molar-refractivity contribution in [1.29, 1.82) is 0 Å². The summed E-state index contributed by atoms with van der Waals surface area (Å²) >= 11 is 0. The molecule has 2 aromatic carbocycles. The van der Waals surface area contributed by atoms with Crippen molar-refractivity contribution in [2.45, 2.75) is 38.7 Å². The predicted octanol–water partition coefficient (Wildman–Crippen LogP) is 4.41. The number of carbonyl (C=O) groups excluding carboxylic acids is 1. The second kappa shape index (κ2) is 8.65. The number of benzene rings is 2. The maximum Gasteiger partial charge on any atom is 0.255 e. The lowest BCUT2D eigenvalue weighted by atomic mass is 10.1. The molecule has 28 heavy (non-hydrogen) atoms. The van der Waals surface area contributed by atoms with Crippen LogP contribution in [0.3, 0.4) is 0 Å². The van der Waals surface area contributed by atoms with Gasteiger partial charge in [0.15, 0.2) is 0 Å². The molecule has 5 heteroatoms. The average molecular weight is 380 g/mol. The highest BCUT2D eigenvalue weighted by Crippen LogP contribution is 2.26. The first kappa shape index (κ1) is 18.8. The Morgan fingerprint density at radius 3 is 2.46 bits per heavy atom. The Hall–Kier alpha value is -2.53. The highest BCUT2D eigenvalue weighted by Gasteiger charge is 2.17. The van der Waals surface area contributed by atoms with E-state index in [0.29, 0.717) is 11.7 Å². The van der Waals surface area contributed by atoms with Crippen molar-refractivity contribution in [3.05, 3.63) is 53.6 Å². The largest absolute Gasteiger partial charge is 0.490 e. The van der Waals surface area contributed by atoms with E-state index in [9.17, 15) is 4.79 Å². The normalized spacial score (nSPS) is 17.5. The lowest BCUT2D eigenvalue weighted by molar-refractivity contribution is 0.102. The summed E-state index contributed by atoms with van der Waals surface area (Å²) in [5, 5.41) is 3.03. The third-order valence-electron chi connectivity index (χ3n) is 5.56. The minimum absolute atomic E-state index is 0.102. The minimum Gasteiger partial charge on any atom is -0.490 e. The lowest BCUT2D eigenvalue weighted by Gasteiger charge is -2.29. The third kappa shape index (κ3) is 4.47. The van der Waals surface area contributed by atoms with Gasteiger partial charge in [0, 0.05) is 30.0 Å². The van der Waals surface area contributed by atoms with Crippen LogP contribution in [0.2, 0.25) is 0 Å². The average Bonchev–Trinajstić information content (AvgIpc) is 3.24. The molecule has 1 saturated carbocycles. The van der Waals surface area contributed by atoms with Crippen LogP contribution in [0.5, 0.6) is 5.75 Å². The van der Waals surface area contributed by atoms with Crippen molar-refractivity contribution in [2.24, 2.45) is 0 Å². The molecule has 0 spiro atoms. The van der Waals surface area contributed by atoms with Crippen molar-refractivity contribution in [2.75, 3.05) is 36.5 Å². The van der Waals surface area contributed by atoms with E-state index in [4.69, 9.17) is 9.47 Å². The molecule has 2 aliphatic rings. The van der Waals surface area contributed by atoms with Gasteiger partial charge >= 0.3 is 0 Å². The van der Waals surface area contributed by atoms with Gasteiger partial charge in [-0.15, -0.1) is 0 Å². The number of hydrogen-bond acceptors (Lipinski definition) is 4. The van der Waals surface area contributed by atoms with Crippen LogP contribution in [-0.2, 0) is 4.74 Å². The first-order valence-corrected chi connectivity index (χ1v) is 10.2. The summed E-state index contributed by atoms with van der Waals surface area (Å²) in [6, 6.07) is 13.6. The quantitative estimate of drug-likeness (QED) is 0.835. The van der Waals surface area contributed by atoms with E-state index in [1.54, 1.807) is 0 Å². The second-order valence-electron chi connectivity index (χ2n) is 7.60. The first-order valence-electron chi connectivity index (χ1n) is 10.2. The van der Waals surface area contributed by atoms with Gasteiger partial charge in [0.25, 0.3) is 5.91 Å². The van der Waals surface area contributed by atoms with E-state index >= 15 is 0 Å². The fraction of sp³-hybridized carbons (Fsp3) is 0.435. The fourth-order valence-corrected chi connectivity index (χ4v) is 3.88. The van der Waals surface area contributed by atoms with Crippen molar-refractivity contribution < 1.29 is 14.3 Å². The van der Waals surface area contributed by atoms with Crippen molar-refractivity contribution in [3.8, 4) is 5.75 Å². The van der Waals surface area contributed by atoms with Gasteiger partial charge in [-0.05, 0) is 80.6 Å². The van der Waals surface area contributed by atoms with E-state index in [1.165, 1.54) is 18.5 Å². The number of ether oxygens (including phenoxy) is 2. The molecule has 1 aliphatic carbocycles. The molecule has 148 valence electrons. The number of amides is 1. The van der Waals surface area contributed by atoms with E-state index in [0.717, 1.165) is 56.1 Å². The van der Waals surface area contributed by atoms with Crippen LogP contribution >= 0.6 is 0 Å². The molecule has 1 amide bonds. The first-order chi connectivity index (χ1) is 13.7. The van der Waals surface area contributed by atoms with E-state index in [1.807, 2.05) is 37.3 Å². The third-order valence-corrected chi connectivity index (χ3v) is 5.56. The maximum atomic E-state index is 12.6. The number of anilines is 2. The molecule has 0 radical (unpaired) electrons. The number of rotatable bonds is 5. The monoisotopic (exact) mass is 380 g/mol. The Bertz CT molecular complexity index is 807. The lowest BCUT2D eigenvalue weighted by Crippen LogP contribution is -2.36. The van der Waals surface area contributed by atoms with Crippen LogP contribution in [0.1, 0.15) is 41.6 Å². The molecule has 0 unspecified atom stereocenters. The molecule has 4 rings (SSSR count). The molecule has 1 saturated heterocycles. The minimum atomic E-state index is -0.102. The second-order valence-corrected chi connectivity index (χ2v) is 7.60. The number of nitrogens with one attached hydrogen (secondary N) is 1. The van der Waals surface area contributed by atoms with Crippen molar-refractivity contribution >= 4 is 17.3 Å². The Morgan fingerprint density at radius 2 is 1.79 bits per heavy atom. The van der Waals surface area contributed by atoms with Crippen LogP contribution in [0.15, 0.2) is 42.5 Å². The molecule has 0 aromatic heterocycles. The van der Waals surface area contributed by atoms with Crippen molar-refractivity contribution in [1.82, 2.24) is 0 Å². The van der Waals surface area contributed by atoms with E-state index < -0.39 is 0 Å². The Kier molecular flexibility index (Phi) is 5.81. The highest BCUT2D eigenvalue weighted by molar-refractivity contribution is 6.04. The van der Waals surface area contributed by atoms with Gasteiger partial charge in [-0.25, -0.2) is 0 Å². The summed E-state index contributed by atoms with van der Waals surface area (Å²) in [5.74, 6) is 0.740. The van der Waals surface area contributed by atoms with Crippen LogP contribution in [0.4, 0.5) is 11.4 Å². The number of aryl methyl sites for hydroxylation is 1. The Balaban J connectivity index is 1.38. The van der Waals surface area contributed by atoms with E-state index in [-0.39, 0.29) is 5.91 Å². The van der Waals surface area contributed by atoms with Gasteiger partial charge in [0.2, 0.25) is 0 Å². The maximum absolute atomic E-state index is 12.6. The zero-order valence-electron chi connectivity index (χ0n) is 16.4. The molecular weight excluding hydrogens is 352 g/mol. The Morgan fingerprint density at radius 1 is 1.07 bits per heavy atom. The molecule has 1 N–H and O–H groups in total. The number of morpholine rings is 1. The standard InChI is InChI=1S/C23H28N2O3/c1-17-16-19(25-12-14-27-15-13-25)8-11-22(17)24-23(26)18-6-9-21(10-7-18)28-20-4-2-3-5-20/h6-11,16,20H,2-5,12-15H2,1H3,(H,24,26). The van der Waals surface area contributed by atoms with Crippen LogP contribution in [-0.4, -0.2) is 38.3 Å². The molecule has 1 heterocycles. The zero-order valence-corrected chi connectivity index (χ0v) is 16.4. The molecule has 0 bridgehead atoms. The summed E-state index contributed by atoms with van der Waals surface area (Å²) < 4.78 is 11.4. The molecule has 0 atom stereocenters. The summed E-state index contributed by atoms with van der Waals surface area (Å²) in [5.41, 5.74) is 3.70.